The first-order chi connectivity index (χ1) is 8.41. The van der Waals surface area contributed by atoms with Crippen LogP contribution in [0.1, 0.15) is 13.8 Å². The number of nitrogens with one attached hydrogen (secondary N) is 1. The fourth-order valence-electron chi connectivity index (χ4n) is 1.18. The molecule has 0 spiro atoms. The number of benzene rings is 1. The van der Waals surface area contributed by atoms with Gasteiger partial charge in [0.15, 0.2) is 6.10 Å². The lowest BCUT2D eigenvalue weighted by atomic mass is 10.3. The molecular weight excluding hydrogens is 258 g/mol. The van der Waals surface area contributed by atoms with Gasteiger partial charge < -0.3 is 15.2 Å². The Kier molecular flexibility index (Phi) is 4.97. The number of halogens is 1. The van der Waals surface area contributed by atoms with Crippen LogP contribution in [0.15, 0.2) is 24.3 Å². The molecule has 1 unspecified atom stereocenters. The van der Waals surface area contributed by atoms with Gasteiger partial charge >= 0.3 is 5.97 Å². The van der Waals surface area contributed by atoms with E-state index in [0.717, 1.165) is 0 Å². The quantitative estimate of drug-likeness (QED) is 0.855. The van der Waals surface area contributed by atoms with E-state index in [1.165, 1.54) is 13.8 Å². The number of aliphatic carboxylic acids is 1. The molecule has 0 aliphatic carbocycles. The molecule has 0 aliphatic rings. The van der Waals surface area contributed by atoms with E-state index in [4.69, 9.17) is 21.4 Å². The third-order valence-corrected chi connectivity index (χ3v) is 2.55. The van der Waals surface area contributed by atoms with E-state index in [0.29, 0.717) is 10.8 Å². The highest BCUT2D eigenvalue weighted by Crippen LogP contribution is 2.24. The Labute approximate surface area is 110 Å². The molecule has 0 heterocycles. The number of hydrogen-bond donors (Lipinski definition) is 2. The normalized spacial score (nSPS) is 13.5. The van der Waals surface area contributed by atoms with Crippen LogP contribution in [0.3, 0.4) is 0 Å². The topological polar surface area (TPSA) is 75.6 Å². The molecule has 98 valence electrons. The number of rotatable bonds is 5. The van der Waals surface area contributed by atoms with Gasteiger partial charge in [0, 0.05) is 0 Å². The van der Waals surface area contributed by atoms with Crippen LogP contribution in [0.2, 0.25) is 5.02 Å². The van der Waals surface area contributed by atoms with Crippen molar-refractivity contribution < 1.29 is 19.4 Å². The summed E-state index contributed by atoms with van der Waals surface area (Å²) in [5.41, 5.74) is 0. The predicted octanol–water partition coefficient (Wildman–Crippen LogP) is 1.70. The van der Waals surface area contributed by atoms with Crippen LogP contribution in [-0.2, 0) is 9.59 Å². The van der Waals surface area contributed by atoms with Gasteiger partial charge in [0.1, 0.15) is 11.8 Å². The van der Waals surface area contributed by atoms with E-state index >= 15 is 0 Å². The molecule has 1 aromatic carbocycles. The van der Waals surface area contributed by atoms with Gasteiger partial charge in [0.05, 0.1) is 5.02 Å². The zero-order valence-electron chi connectivity index (χ0n) is 10.0. The average Bonchev–Trinajstić information content (AvgIpc) is 2.31. The van der Waals surface area contributed by atoms with Gasteiger partial charge in [-0.2, -0.15) is 0 Å². The first-order valence-electron chi connectivity index (χ1n) is 5.36. The van der Waals surface area contributed by atoms with Gasteiger partial charge in [-0.25, -0.2) is 0 Å². The summed E-state index contributed by atoms with van der Waals surface area (Å²) in [5, 5.41) is 11.4. The van der Waals surface area contributed by atoms with Crippen molar-refractivity contribution in [3.8, 4) is 5.75 Å². The Morgan fingerprint density at radius 2 is 1.94 bits per heavy atom. The largest absolute Gasteiger partial charge is 0.480 e. The molecule has 1 rings (SSSR count). The highest BCUT2D eigenvalue weighted by atomic mass is 35.5. The first kappa shape index (κ1) is 14.3. The first-order valence-corrected chi connectivity index (χ1v) is 5.74. The molecule has 0 bridgehead atoms. The molecule has 0 aliphatic heterocycles. The van der Waals surface area contributed by atoms with E-state index in [2.05, 4.69) is 5.32 Å². The molecule has 0 fully saturated rings. The highest BCUT2D eigenvalue weighted by molar-refractivity contribution is 6.32. The minimum atomic E-state index is -1.10. The van der Waals surface area contributed by atoms with Crippen molar-refractivity contribution in [2.24, 2.45) is 0 Å². The predicted molar refractivity (Wildman–Crippen MR) is 66.8 cm³/mol. The van der Waals surface area contributed by atoms with Crippen molar-refractivity contribution in [2.75, 3.05) is 0 Å². The molecule has 18 heavy (non-hydrogen) atoms. The van der Waals surface area contributed by atoms with Gasteiger partial charge in [0.2, 0.25) is 0 Å². The fraction of sp³-hybridized carbons (Fsp3) is 0.333. The second-order valence-corrected chi connectivity index (χ2v) is 4.17. The van der Waals surface area contributed by atoms with Crippen molar-refractivity contribution in [1.29, 1.82) is 0 Å². The molecule has 0 saturated heterocycles. The summed E-state index contributed by atoms with van der Waals surface area (Å²) in [6, 6.07) is 5.78. The monoisotopic (exact) mass is 271 g/mol. The highest BCUT2D eigenvalue weighted by Gasteiger charge is 2.20. The van der Waals surface area contributed by atoms with Crippen LogP contribution in [0.25, 0.3) is 0 Å². The summed E-state index contributed by atoms with van der Waals surface area (Å²) in [6.07, 6.45) is -0.827. The van der Waals surface area contributed by atoms with Crippen molar-refractivity contribution >= 4 is 23.5 Å². The maximum absolute atomic E-state index is 11.6. The van der Waals surface area contributed by atoms with Crippen molar-refractivity contribution in [3.63, 3.8) is 0 Å². The van der Waals surface area contributed by atoms with E-state index in [-0.39, 0.29) is 0 Å². The van der Waals surface area contributed by atoms with E-state index in [1.54, 1.807) is 24.3 Å². The number of ether oxygens (including phenoxy) is 1. The third kappa shape index (κ3) is 3.92. The average molecular weight is 272 g/mol. The second kappa shape index (κ2) is 6.26. The van der Waals surface area contributed by atoms with Crippen LogP contribution in [0, 0.1) is 0 Å². The van der Waals surface area contributed by atoms with Gasteiger partial charge in [-0.15, -0.1) is 0 Å². The Balaban J connectivity index is 2.60. The Morgan fingerprint density at radius 3 is 2.50 bits per heavy atom. The second-order valence-electron chi connectivity index (χ2n) is 3.76. The zero-order chi connectivity index (χ0) is 13.7. The molecule has 0 radical (unpaired) electrons. The molecule has 6 heteroatoms. The lowest BCUT2D eigenvalue weighted by Gasteiger charge is -2.17. The molecular formula is C12H14ClNO4. The van der Waals surface area contributed by atoms with Crippen LogP contribution in [0.4, 0.5) is 0 Å². The number of carbonyl (C=O) groups excluding carboxylic acids is 1. The van der Waals surface area contributed by atoms with Crippen molar-refractivity contribution in [1.82, 2.24) is 5.32 Å². The minimum absolute atomic E-state index is 0.379. The summed E-state index contributed by atoms with van der Waals surface area (Å²) in [6.45, 7) is 2.90. The summed E-state index contributed by atoms with van der Waals surface area (Å²) < 4.78 is 5.35. The van der Waals surface area contributed by atoms with Gasteiger partial charge in [0.25, 0.3) is 5.91 Å². The standard InChI is InChI=1S/C12H14ClNO4/c1-7(12(16)17)14-11(15)8(2)18-10-6-4-3-5-9(10)13/h3-8H,1-2H3,(H,14,15)(H,16,17)/t7-,8?/m0/s1. The lowest BCUT2D eigenvalue weighted by molar-refractivity contribution is -0.142. The SMILES string of the molecule is CC(Oc1ccccc1Cl)C(=O)N[C@@H](C)C(=O)O. The molecule has 2 atom stereocenters. The number of carbonyl (C=O) groups is 2. The summed E-state index contributed by atoms with van der Waals surface area (Å²) in [7, 11) is 0. The van der Waals surface area contributed by atoms with Crippen LogP contribution >= 0.6 is 11.6 Å². The minimum Gasteiger partial charge on any atom is -0.480 e. The summed E-state index contributed by atoms with van der Waals surface area (Å²) in [5.74, 6) is -1.23. The smallest absolute Gasteiger partial charge is 0.325 e. The van der Waals surface area contributed by atoms with E-state index in [9.17, 15) is 9.59 Å². The molecule has 0 saturated carbocycles. The molecule has 0 aromatic heterocycles. The van der Waals surface area contributed by atoms with Crippen molar-refractivity contribution in [3.05, 3.63) is 29.3 Å². The molecule has 2 N–H and O–H groups in total. The summed E-state index contributed by atoms with van der Waals surface area (Å²) in [4.78, 5) is 22.2. The van der Waals surface area contributed by atoms with E-state index in [1.807, 2.05) is 0 Å². The Bertz CT molecular complexity index is 449. The number of amides is 1. The molecule has 1 aromatic rings. The molecule has 5 nitrogen and oxygen atoms in total. The number of carboxylic acids is 1. The van der Waals surface area contributed by atoms with Crippen LogP contribution in [0.5, 0.6) is 5.75 Å². The van der Waals surface area contributed by atoms with Crippen molar-refractivity contribution in [2.45, 2.75) is 26.0 Å². The number of carboxylic acid groups (broad SMARTS) is 1. The fourth-order valence-corrected chi connectivity index (χ4v) is 1.36. The Morgan fingerprint density at radius 1 is 1.33 bits per heavy atom. The maximum Gasteiger partial charge on any atom is 0.325 e. The van der Waals surface area contributed by atoms with Gasteiger partial charge in [-0.05, 0) is 26.0 Å². The lowest BCUT2D eigenvalue weighted by Crippen LogP contribution is -2.44. The number of hydrogen-bond acceptors (Lipinski definition) is 3. The molecule has 1 amide bonds. The summed E-state index contributed by atoms with van der Waals surface area (Å²) >= 11 is 5.88. The Hall–Kier alpha value is -1.75. The maximum atomic E-state index is 11.6. The van der Waals surface area contributed by atoms with Crippen LogP contribution in [-0.4, -0.2) is 29.1 Å². The van der Waals surface area contributed by atoms with E-state index < -0.39 is 24.0 Å². The van der Waals surface area contributed by atoms with Gasteiger partial charge in [-0.1, -0.05) is 23.7 Å². The van der Waals surface area contributed by atoms with Gasteiger partial charge in [-0.3, -0.25) is 9.59 Å². The zero-order valence-corrected chi connectivity index (χ0v) is 10.8. The van der Waals surface area contributed by atoms with Crippen LogP contribution < -0.4 is 10.1 Å². The number of para-hydroxylation sites is 1. The third-order valence-electron chi connectivity index (χ3n) is 2.24.